The van der Waals surface area contributed by atoms with Gasteiger partial charge in [-0.05, 0) is 31.7 Å². The van der Waals surface area contributed by atoms with E-state index in [9.17, 15) is 13.2 Å². The fourth-order valence-electron chi connectivity index (χ4n) is 2.81. The molecule has 1 saturated heterocycles. The molecule has 1 aliphatic heterocycles. The van der Waals surface area contributed by atoms with Gasteiger partial charge in [0, 0.05) is 6.04 Å². The molecule has 3 N–H and O–H groups in total. The SMILES string of the molecule is NCC1CCCC1NC(=O)C1CCS(=O)(=O)C1. The Labute approximate surface area is 102 Å². The van der Waals surface area contributed by atoms with E-state index in [1.807, 2.05) is 0 Å². The Morgan fingerprint density at radius 1 is 1.29 bits per heavy atom. The fraction of sp³-hybridized carbons (Fsp3) is 0.909. The number of amides is 1. The Hall–Kier alpha value is -0.620. The predicted molar refractivity (Wildman–Crippen MR) is 65.1 cm³/mol. The molecule has 0 radical (unpaired) electrons. The highest BCUT2D eigenvalue weighted by molar-refractivity contribution is 7.91. The van der Waals surface area contributed by atoms with Crippen molar-refractivity contribution in [3.63, 3.8) is 0 Å². The molecule has 6 heteroatoms. The smallest absolute Gasteiger partial charge is 0.224 e. The largest absolute Gasteiger partial charge is 0.353 e. The van der Waals surface area contributed by atoms with Crippen LogP contribution in [0.3, 0.4) is 0 Å². The summed E-state index contributed by atoms with van der Waals surface area (Å²) in [7, 11) is -2.98. The molecule has 0 spiro atoms. The summed E-state index contributed by atoms with van der Waals surface area (Å²) in [4.78, 5) is 11.9. The second-order valence-corrected chi connectivity index (χ2v) is 7.37. The van der Waals surface area contributed by atoms with Crippen molar-refractivity contribution in [1.29, 1.82) is 0 Å². The summed E-state index contributed by atoms with van der Waals surface area (Å²) in [6.07, 6.45) is 3.58. The summed E-state index contributed by atoms with van der Waals surface area (Å²) in [5.74, 6) is 0.0713. The van der Waals surface area contributed by atoms with Gasteiger partial charge in [-0.1, -0.05) is 6.42 Å². The molecule has 1 amide bonds. The maximum atomic E-state index is 11.9. The fourth-order valence-corrected chi connectivity index (χ4v) is 4.55. The molecule has 0 bridgehead atoms. The molecular weight excluding hydrogens is 240 g/mol. The first-order chi connectivity index (χ1) is 8.02. The normalized spacial score (nSPS) is 35.9. The van der Waals surface area contributed by atoms with Crippen molar-refractivity contribution in [2.45, 2.75) is 31.7 Å². The van der Waals surface area contributed by atoms with Crippen molar-refractivity contribution in [3.05, 3.63) is 0 Å². The van der Waals surface area contributed by atoms with Gasteiger partial charge in [0.25, 0.3) is 0 Å². The molecule has 0 aromatic carbocycles. The highest BCUT2D eigenvalue weighted by Crippen LogP contribution is 2.26. The van der Waals surface area contributed by atoms with Crippen molar-refractivity contribution in [2.75, 3.05) is 18.1 Å². The standard InChI is InChI=1S/C11H20N2O3S/c12-6-8-2-1-3-10(8)13-11(14)9-4-5-17(15,16)7-9/h8-10H,1-7,12H2,(H,13,14). The van der Waals surface area contributed by atoms with E-state index in [4.69, 9.17) is 5.73 Å². The minimum absolute atomic E-state index is 0.0127. The van der Waals surface area contributed by atoms with E-state index in [1.54, 1.807) is 0 Å². The predicted octanol–water partition coefficient (Wildman–Crippen LogP) is -0.335. The number of carbonyl (C=O) groups excluding carboxylic acids is 1. The summed E-state index contributed by atoms with van der Waals surface area (Å²) >= 11 is 0. The average Bonchev–Trinajstić information content (AvgIpc) is 2.84. The van der Waals surface area contributed by atoms with Gasteiger partial charge in [-0.2, -0.15) is 0 Å². The van der Waals surface area contributed by atoms with Crippen LogP contribution in [0.25, 0.3) is 0 Å². The second-order valence-electron chi connectivity index (χ2n) is 5.14. The van der Waals surface area contributed by atoms with Gasteiger partial charge in [0.15, 0.2) is 9.84 Å². The van der Waals surface area contributed by atoms with Gasteiger partial charge in [0.1, 0.15) is 0 Å². The third-order valence-corrected chi connectivity index (χ3v) is 5.66. The number of nitrogens with two attached hydrogens (primary N) is 1. The molecule has 1 saturated carbocycles. The molecule has 1 aliphatic carbocycles. The van der Waals surface area contributed by atoms with Crippen LogP contribution < -0.4 is 11.1 Å². The molecule has 2 aliphatic rings. The zero-order valence-corrected chi connectivity index (χ0v) is 10.7. The lowest BCUT2D eigenvalue weighted by Gasteiger charge is -2.21. The monoisotopic (exact) mass is 260 g/mol. The lowest BCUT2D eigenvalue weighted by atomic mass is 10.0. The molecule has 2 rings (SSSR count). The zero-order chi connectivity index (χ0) is 12.5. The lowest BCUT2D eigenvalue weighted by Crippen LogP contribution is -2.43. The quantitative estimate of drug-likeness (QED) is 0.727. The number of nitrogens with one attached hydrogen (secondary N) is 1. The van der Waals surface area contributed by atoms with Gasteiger partial charge in [0.2, 0.25) is 5.91 Å². The number of hydrogen-bond donors (Lipinski definition) is 2. The Bertz CT molecular complexity index is 394. The van der Waals surface area contributed by atoms with E-state index >= 15 is 0 Å². The third-order valence-electron chi connectivity index (χ3n) is 3.89. The van der Waals surface area contributed by atoms with Gasteiger partial charge in [-0.3, -0.25) is 4.79 Å². The first-order valence-electron chi connectivity index (χ1n) is 6.22. The first kappa shape index (κ1) is 12.8. The third kappa shape index (κ3) is 2.98. The summed E-state index contributed by atoms with van der Waals surface area (Å²) in [5, 5.41) is 2.98. The molecule has 2 fully saturated rings. The zero-order valence-electron chi connectivity index (χ0n) is 9.89. The topological polar surface area (TPSA) is 89.3 Å². The number of hydrogen-bond acceptors (Lipinski definition) is 4. The van der Waals surface area contributed by atoms with Crippen LogP contribution in [0.2, 0.25) is 0 Å². The Kier molecular flexibility index (Phi) is 3.73. The Morgan fingerprint density at radius 2 is 2.06 bits per heavy atom. The highest BCUT2D eigenvalue weighted by atomic mass is 32.2. The van der Waals surface area contributed by atoms with Crippen LogP contribution in [0.1, 0.15) is 25.7 Å². The highest BCUT2D eigenvalue weighted by Gasteiger charge is 2.35. The lowest BCUT2D eigenvalue weighted by molar-refractivity contribution is -0.125. The van der Waals surface area contributed by atoms with Crippen LogP contribution in [0, 0.1) is 11.8 Å². The van der Waals surface area contributed by atoms with E-state index in [1.165, 1.54) is 0 Å². The Morgan fingerprint density at radius 3 is 2.65 bits per heavy atom. The summed E-state index contributed by atoms with van der Waals surface area (Å²) in [6, 6.07) is 0.149. The van der Waals surface area contributed by atoms with Gasteiger partial charge in [-0.15, -0.1) is 0 Å². The van der Waals surface area contributed by atoms with E-state index < -0.39 is 9.84 Å². The van der Waals surface area contributed by atoms with E-state index in [-0.39, 0.29) is 29.4 Å². The van der Waals surface area contributed by atoms with Gasteiger partial charge in [0.05, 0.1) is 17.4 Å². The molecule has 0 aromatic rings. The van der Waals surface area contributed by atoms with Crippen molar-refractivity contribution < 1.29 is 13.2 Å². The summed E-state index contributed by atoms with van der Waals surface area (Å²) in [6.45, 7) is 0.591. The molecule has 3 unspecified atom stereocenters. The van der Waals surface area contributed by atoms with E-state index in [0.717, 1.165) is 19.3 Å². The average molecular weight is 260 g/mol. The minimum atomic E-state index is -2.98. The van der Waals surface area contributed by atoms with E-state index in [0.29, 0.717) is 18.9 Å². The first-order valence-corrected chi connectivity index (χ1v) is 8.05. The number of rotatable bonds is 3. The second kappa shape index (κ2) is 4.94. The maximum absolute atomic E-state index is 11.9. The van der Waals surface area contributed by atoms with E-state index in [2.05, 4.69) is 5.32 Å². The summed E-state index contributed by atoms with van der Waals surface area (Å²) < 4.78 is 22.6. The van der Waals surface area contributed by atoms with Crippen LogP contribution in [0.4, 0.5) is 0 Å². The summed E-state index contributed by atoms with van der Waals surface area (Å²) in [5.41, 5.74) is 5.65. The van der Waals surface area contributed by atoms with Crippen LogP contribution in [-0.2, 0) is 14.6 Å². The number of sulfone groups is 1. The van der Waals surface area contributed by atoms with Crippen molar-refractivity contribution in [3.8, 4) is 0 Å². The van der Waals surface area contributed by atoms with Gasteiger partial charge >= 0.3 is 0 Å². The molecule has 0 aromatic heterocycles. The molecule has 98 valence electrons. The van der Waals surface area contributed by atoms with Crippen molar-refractivity contribution in [2.24, 2.45) is 17.6 Å². The van der Waals surface area contributed by atoms with Crippen molar-refractivity contribution in [1.82, 2.24) is 5.32 Å². The molecule has 1 heterocycles. The van der Waals surface area contributed by atoms with Crippen LogP contribution in [0.15, 0.2) is 0 Å². The molecule has 17 heavy (non-hydrogen) atoms. The minimum Gasteiger partial charge on any atom is -0.353 e. The van der Waals surface area contributed by atoms with Gasteiger partial charge in [-0.25, -0.2) is 8.42 Å². The van der Waals surface area contributed by atoms with Gasteiger partial charge < -0.3 is 11.1 Å². The van der Waals surface area contributed by atoms with Crippen LogP contribution in [0.5, 0.6) is 0 Å². The molecular formula is C11H20N2O3S. The molecule has 5 nitrogen and oxygen atoms in total. The van der Waals surface area contributed by atoms with Crippen LogP contribution >= 0.6 is 0 Å². The molecule has 3 atom stereocenters. The maximum Gasteiger partial charge on any atom is 0.224 e. The Balaban J connectivity index is 1.89. The number of carbonyl (C=O) groups is 1. The van der Waals surface area contributed by atoms with Crippen LogP contribution in [-0.4, -0.2) is 38.4 Å². The van der Waals surface area contributed by atoms with Crippen molar-refractivity contribution >= 4 is 15.7 Å².